The van der Waals surface area contributed by atoms with Gasteiger partial charge in [-0.15, -0.1) is 0 Å². The summed E-state index contributed by atoms with van der Waals surface area (Å²) in [5, 5.41) is 0. The van der Waals surface area contributed by atoms with Crippen LogP contribution in [0.15, 0.2) is 24.3 Å². The fourth-order valence-corrected chi connectivity index (χ4v) is 2.68. The molecule has 5 heteroatoms. The zero-order chi connectivity index (χ0) is 19.2. The Morgan fingerprint density at radius 1 is 1.12 bits per heavy atom. The van der Waals surface area contributed by atoms with Gasteiger partial charge in [-0.2, -0.15) is 4.39 Å². The van der Waals surface area contributed by atoms with Crippen LogP contribution in [0.1, 0.15) is 69.8 Å². The maximum absolute atomic E-state index is 13.5. The Morgan fingerprint density at radius 2 is 1.68 bits per heavy atom. The number of halogens is 1. The molecule has 0 radical (unpaired) electrons. The molecule has 0 aromatic heterocycles. The SMILES string of the molecule is CCOC(=O)C(F)OC(=O)c1ccc(C(CC(C)(C)C)C(C)C)cc1. The van der Waals surface area contributed by atoms with Gasteiger partial charge in [-0.25, -0.2) is 9.59 Å². The molecule has 0 saturated heterocycles. The van der Waals surface area contributed by atoms with Crippen molar-refractivity contribution in [3.63, 3.8) is 0 Å². The molecule has 0 saturated carbocycles. The fourth-order valence-electron chi connectivity index (χ4n) is 2.68. The van der Waals surface area contributed by atoms with Crippen LogP contribution in [0, 0.1) is 11.3 Å². The van der Waals surface area contributed by atoms with Crippen LogP contribution < -0.4 is 0 Å². The summed E-state index contributed by atoms with van der Waals surface area (Å²) in [6.07, 6.45) is -1.39. The van der Waals surface area contributed by atoms with E-state index in [0.717, 1.165) is 12.0 Å². The highest BCUT2D eigenvalue weighted by atomic mass is 19.1. The number of alkyl halides is 1. The smallest absolute Gasteiger partial charge is 0.381 e. The number of rotatable bonds is 7. The Morgan fingerprint density at radius 3 is 2.12 bits per heavy atom. The maximum Gasteiger partial charge on any atom is 0.381 e. The van der Waals surface area contributed by atoms with E-state index in [2.05, 4.69) is 44.1 Å². The van der Waals surface area contributed by atoms with E-state index >= 15 is 0 Å². The number of benzene rings is 1. The normalized spacial score (nSPS) is 14.1. The van der Waals surface area contributed by atoms with Gasteiger partial charge < -0.3 is 9.47 Å². The lowest BCUT2D eigenvalue weighted by Gasteiger charge is -2.29. The van der Waals surface area contributed by atoms with Gasteiger partial charge in [0.05, 0.1) is 12.2 Å². The van der Waals surface area contributed by atoms with E-state index < -0.39 is 18.3 Å². The lowest BCUT2D eigenvalue weighted by Crippen LogP contribution is -2.25. The molecule has 0 aliphatic heterocycles. The molecule has 0 amide bonds. The van der Waals surface area contributed by atoms with E-state index in [4.69, 9.17) is 0 Å². The number of hydrogen-bond acceptors (Lipinski definition) is 4. The second kappa shape index (κ2) is 8.97. The van der Waals surface area contributed by atoms with E-state index in [9.17, 15) is 14.0 Å². The first-order valence-electron chi connectivity index (χ1n) is 8.66. The van der Waals surface area contributed by atoms with Crippen molar-refractivity contribution in [3.8, 4) is 0 Å². The summed E-state index contributed by atoms with van der Waals surface area (Å²) in [7, 11) is 0. The number of hydrogen-bond donors (Lipinski definition) is 0. The summed E-state index contributed by atoms with van der Waals surface area (Å²) >= 11 is 0. The predicted molar refractivity (Wildman–Crippen MR) is 95.0 cm³/mol. The lowest BCUT2D eigenvalue weighted by molar-refractivity contribution is -0.163. The van der Waals surface area contributed by atoms with E-state index in [1.165, 1.54) is 0 Å². The second-order valence-corrected chi connectivity index (χ2v) is 7.71. The van der Waals surface area contributed by atoms with Gasteiger partial charge in [0.25, 0.3) is 0 Å². The molecule has 0 fully saturated rings. The van der Waals surface area contributed by atoms with E-state index in [1.807, 2.05) is 12.1 Å². The standard InChI is InChI=1S/C20H29FO4/c1-7-24-19(23)17(21)25-18(22)15-10-8-14(9-11-15)16(13(2)3)12-20(4,5)6/h8-11,13,16-17H,7,12H2,1-6H3. The molecule has 1 aromatic rings. The topological polar surface area (TPSA) is 52.6 Å². The van der Waals surface area contributed by atoms with Gasteiger partial charge in [-0.05, 0) is 48.3 Å². The molecule has 25 heavy (non-hydrogen) atoms. The Balaban J connectivity index is 2.83. The van der Waals surface area contributed by atoms with Crippen molar-refractivity contribution in [2.75, 3.05) is 6.61 Å². The van der Waals surface area contributed by atoms with Gasteiger partial charge in [-0.3, -0.25) is 0 Å². The Bertz CT molecular complexity index is 572. The molecule has 140 valence electrons. The first kappa shape index (κ1) is 21.1. The maximum atomic E-state index is 13.5. The fraction of sp³-hybridized carbons (Fsp3) is 0.600. The molecule has 0 aliphatic rings. The second-order valence-electron chi connectivity index (χ2n) is 7.71. The molecular formula is C20H29FO4. The number of carbonyl (C=O) groups excluding carboxylic acids is 2. The molecule has 0 aliphatic carbocycles. The number of carbonyl (C=O) groups is 2. The van der Waals surface area contributed by atoms with Crippen molar-refractivity contribution < 1.29 is 23.5 Å². The first-order valence-corrected chi connectivity index (χ1v) is 8.66. The van der Waals surface area contributed by atoms with Crippen molar-refractivity contribution in [1.82, 2.24) is 0 Å². The third kappa shape index (κ3) is 6.85. The summed E-state index contributed by atoms with van der Waals surface area (Å²) in [6.45, 7) is 12.5. The minimum Gasteiger partial charge on any atom is -0.461 e. The summed E-state index contributed by atoms with van der Waals surface area (Å²) in [5.41, 5.74) is 1.52. The van der Waals surface area contributed by atoms with Crippen LogP contribution in [-0.4, -0.2) is 24.9 Å². The monoisotopic (exact) mass is 352 g/mol. The van der Waals surface area contributed by atoms with Gasteiger partial charge in [0, 0.05) is 0 Å². The van der Waals surface area contributed by atoms with Crippen molar-refractivity contribution in [1.29, 1.82) is 0 Å². The van der Waals surface area contributed by atoms with Gasteiger partial charge in [0.1, 0.15) is 0 Å². The Hall–Kier alpha value is -1.91. The molecule has 1 aromatic carbocycles. The van der Waals surface area contributed by atoms with Crippen molar-refractivity contribution in [3.05, 3.63) is 35.4 Å². The van der Waals surface area contributed by atoms with Crippen LogP contribution in [0.3, 0.4) is 0 Å². The molecule has 0 bridgehead atoms. The predicted octanol–water partition coefficient (Wildman–Crippen LogP) is 4.88. The highest BCUT2D eigenvalue weighted by molar-refractivity contribution is 5.91. The zero-order valence-electron chi connectivity index (χ0n) is 16.0. The number of ether oxygens (including phenoxy) is 2. The minimum absolute atomic E-state index is 0.0237. The average Bonchev–Trinajstić information content (AvgIpc) is 2.52. The summed E-state index contributed by atoms with van der Waals surface area (Å²) in [4.78, 5) is 23.1. The van der Waals surface area contributed by atoms with Crippen LogP contribution in [0.2, 0.25) is 0 Å². The molecule has 2 atom stereocenters. The molecule has 1 rings (SSSR count). The third-order valence-electron chi connectivity index (χ3n) is 3.89. The highest BCUT2D eigenvalue weighted by Gasteiger charge is 2.25. The summed E-state index contributed by atoms with van der Waals surface area (Å²) in [5.74, 6) is -1.27. The molecule has 0 spiro atoms. The third-order valence-corrected chi connectivity index (χ3v) is 3.89. The van der Waals surface area contributed by atoms with E-state index in [-0.39, 0.29) is 17.6 Å². The van der Waals surface area contributed by atoms with E-state index in [0.29, 0.717) is 11.8 Å². The van der Waals surface area contributed by atoms with Gasteiger partial charge >= 0.3 is 18.3 Å². The number of esters is 2. The first-order chi connectivity index (χ1) is 11.5. The lowest BCUT2D eigenvalue weighted by atomic mass is 9.76. The summed E-state index contributed by atoms with van der Waals surface area (Å²) < 4.78 is 22.5. The molecule has 0 N–H and O–H groups in total. The molecule has 0 heterocycles. The largest absolute Gasteiger partial charge is 0.461 e. The van der Waals surface area contributed by atoms with Crippen molar-refractivity contribution in [2.24, 2.45) is 11.3 Å². The Kier molecular flexibility index (Phi) is 7.59. The zero-order valence-corrected chi connectivity index (χ0v) is 16.0. The van der Waals surface area contributed by atoms with Crippen molar-refractivity contribution >= 4 is 11.9 Å². The van der Waals surface area contributed by atoms with Crippen LogP contribution in [0.5, 0.6) is 0 Å². The van der Waals surface area contributed by atoms with Crippen LogP contribution in [0.25, 0.3) is 0 Å². The van der Waals surface area contributed by atoms with E-state index in [1.54, 1.807) is 19.1 Å². The minimum atomic E-state index is -2.41. The molecule has 2 unspecified atom stereocenters. The quantitative estimate of drug-likeness (QED) is 0.656. The molecule has 4 nitrogen and oxygen atoms in total. The van der Waals surface area contributed by atoms with Gasteiger partial charge in [0.2, 0.25) is 0 Å². The Labute approximate surface area is 149 Å². The van der Waals surface area contributed by atoms with Crippen molar-refractivity contribution in [2.45, 2.75) is 60.2 Å². The van der Waals surface area contributed by atoms with Crippen LogP contribution in [0.4, 0.5) is 4.39 Å². The van der Waals surface area contributed by atoms with Gasteiger partial charge in [-0.1, -0.05) is 46.8 Å². The summed E-state index contributed by atoms with van der Waals surface area (Å²) in [6, 6.07) is 6.94. The van der Waals surface area contributed by atoms with Crippen LogP contribution >= 0.6 is 0 Å². The van der Waals surface area contributed by atoms with Gasteiger partial charge in [0.15, 0.2) is 0 Å². The van der Waals surface area contributed by atoms with Crippen LogP contribution in [-0.2, 0) is 14.3 Å². The average molecular weight is 352 g/mol. The molecular weight excluding hydrogens is 323 g/mol. The highest BCUT2D eigenvalue weighted by Crippen LogP contribution is 2.36.